The van der Waals surface area contributed by atoms with Crippen molar-refractivity contribution in [3.63, 3.8) is 0 Å². The summed E-state index contributed by atoms with van der Waals surface area (Å²) in [6.45, 7) is 4.11. The second kappa shape index (κ2) is 7.93. The first-order valence-electron chi connectivity index (χ1n) is 7.40. The summed E-state index contributed by atoms with van der Waals surface area (Å²) in [6.07, 6.45) is 3.37. The van der Waals surface area contributed by atoms with Crippen molar-refractivity contribution in [3.8, 4) is 0 Å². The highest BCUT2D eigenvalue weighted by molar-refractivity contribution is 6.03. The molecule has 0 unspecified atom stereocenters. The molecule has 3 amide bonds. The van der Waals surface area contributed by atoms with E-state index in [1.807, 2.05) is 26.0 Å². The molecule has 0 aliphatic rings. The largest absolute Gasteiger partial charge is 0.348 e. The van der Waals surface area contributed by atoms with Crippen LogP contribution in [-0.4, -0.2) is 23.0 Å². The van der Waals surface area contributed by atoms with Crippen molar-refractivity contribution in [2.75, 3.05) is 5.32 Å². The van der Waals surface area contributed by atoms with Crippen LogP contribution in [0.4, 0.5) is 10.5 Å². The summed E-state index contributed by atoms with van der Waals surface area (Å²) < 4.78 is 0. The number of nitrogens with zero attached hydrogens (tertiary/aromatic N) is 1. The molecule has 120 valence electrons. The van der Waals surface area contributed by atoms with Gasteiger partial charge in [-0.15, -0.1) is 0 Å². The van der Waals surface area contributed by atoms with Gasteiger partial charge >= 0.3 is 6.03 Å². The minimum Gasteiger partial charge on any atom is -0.348 e. The van der Waals surface area contributed by atoms with E-state index in [1.54, 1.807) is 36.7 Å². The molecule has 0 spiro atoms. The highest BCUT2D eigenvalue weighted by atomic mass is 16.2. The maximum absolute atomic E-state index is 12.3. The molecule has 2 aromatic rings. The number of nitrogens with one attached hydrogen (secondary N) is 3. The van der Waals surface area contributed by atoms with Crippen molar-refractivity contribution in [1.82, 2.24) is 15.6 Å². The molecule has 0 saturated heterocycles. The molecule has 0 fully saturated rings. The summed E-state index contributed by atoms with van der Waals surface area (Å²) in [5, 5.41) is 8.24. The molecule has 23 heavy (non-hydrogen) atoms. The molecular weight excluding hydrogens is 292 g/mol. The van der Waals surface area contributed by atoms with Gasteiger partial charge in [-0.3, -0.25) is 9.78 Å². The molecule has 3 N–H and O–H groups in total. The number of rotatable bonds is 5. The Morgan fingerprint density at radius 1 is 1.13 bits per heavy atom. The lowest BCUT2D eigenvalue weighted by Gasteiger charge is -2.13. The zero-order valence-electron chi connectivity index (χ0n) is 13.2. The molecule has 0 atom stereocenters. The third-order valence-corrected chi connectivity index (χ3v) is 3.02. The average molecular weight is 312 g/mol. The third-order valence-electron chi connectivity index (χ3n) is 3.02. The van der Waals surface area contributed by atoms with Crippen LogP contribution in [0.3, 0.4) is 0 Å². The zero-order chi connectivity index (χ0) is 16.7. The molecule has 0 bridgehead atoms. The number of urea groups is 1. The lowest BCUT2D eigenvalue weighted by Crippen LogP contribution is -2.35. The van der Waals surface area contributed by atoms with Gasteiger partial charge in [0.2, 0.25) is 0 Å². The van der Waals surface area contributed by atoms with Gasteiger partial charge in [0, 0.05) is 25.0 Å². The Balaban J connectivity index is 2.04. The monoisotopic (exact) mass is 312 g/mol. The van der Waals surface area contributed by atoms with Gasteiger partial charge in [-0.25, -0.2) is 4.79 Å². The Morgan fingerprint density at radius 2 is 1.91 bits per heavy atom. The SMILES string of the molecule is CC(C)NC(=O)Nc1ccccc1C(=O)NCc1cccnc1. The fourth-order valence-corrected chi connectivity index (χ4v) is 1.99. The molecule has 0 radical (unpaired) electrons. The van der Waals surface area contributed by atoms with E-state index in [1.165, 1.54) is 0 Å². The van der Waals surface area contributed by atoms with Gasteiger partial charge in [-0.1, -0.05) is 18.2 Å². The first-order valence-corrected chi connectivity index (χ1v) is 7.40. The van der Waals surface area contributed by atoms with Crippen LogP contribution < -0.4 is 16.0 Å². The van der Waals surface area contributed by atoms with E-state index < -0.39 is 0 Å². The smallest absolute Gasteiger partial charge is 0.319 e. The number of amides is 3. The van der Waals surface area contributed by atoms with Crippen LogP contribution in [0.1, 0.15) is 29.8 Å². The van der Waals surface area contributed by atoms with Crippen LogP contribution in [-0.2, 0) is 6.54 Å². The van der Waals surface area contributed by atoms with E-state index >= 15 is 0 Å². The maximum Gasteiger partial charge on any atom is 0.319 e. The first kappa shape index (κ1) is 16.5. The molecule has 1 aromatic carbocycles. The van der Waals surface area contributed by atoms with Crippen molar-refractivity contribution >= 4 is 17.6 Å². The summed E-state index contributed by atoms with van der Waals surface area (Å²) in [7, 11) is 0. The normalized spacial score (nSPS) is 10.2. The number of benzene rings is 1. The second-order valence-corrected chi connectivity index (χ2v) is 5.34. The van der Waals surface area contributed by atoms with Crippen molar-refractivity contribution in [2.45, 2.75) is 26.4 Å². The van der Waals surface area contributed by atoms with Crippen molar-refractivity contribution in [3.05, 3.63) is 59.9 Å². The Morgan fingerprint density at radius 3 is 2.61 bits per heavy atom. The number of para-hydroxylation sites is 1. The zero-order valence-corrected chi connectivity index (χ0v) is 13.2. The van der Waals surface area contributed by atoms with E-state index in [9.17, 15) is 9.59 Å². The van der Waals surface area contributed by atoms with Crippen LogP contribution >= 0.6 is 0 Å². The molecule has 0 saturated carbocycles. The van der Waals surface area contributed by atoms with Crippen molar-refractivity contribution in [1.29, 1.82) is 0 Å². The number of carbonyl (C=O) groups is 2. The van der Waals surface area contributed by atoms with Crippen LogP contribution in [0, 0.1) is 0 Å². The van der Waals surface area contributed by atoms with Gasteiger partial charge in [-0.05, 0) is 37.6 Å². The summed E-state index contributed by atoms with van der Waals surface area (Å²) in [6, 6.07) is 10.3. The van der Waals surface area contributed by atoms with Crippen LogP contribution in [0.5, 0.6) is 0 Å². The minimum atomic E-state index is -0.340. The molecule has 1 heterocycles. The predicted molar refractivity (Wildman–Crippen MR) is 89.1 cm³/mol. The summed E-state index contributed by atoms with van der Waals surface area (Å²) in [5.41, 5.74) is 1.79. The minimum absolute atomic E-state index is 0.0153. The third kappa shape index (κ3) is 5.10. The van der Waals surface area contributed by atoms with E-state index in [0.29, 0.717) is 17.8 Å². The molecule has 0 aliphatic heterocycles. The Bertz CT molecular complexity index is 671. The maximum atomic E-state index is 12.3. The molecule has 1 aromatic heterocycles. The number of pyridine rings is 1. The quantitative estimate of drug-likeness (QED) is 0.793. The number of hydrogen-bond acceptors (Lipinski definition) is 3. The Kier molecular flexibility index (Phi) is 5.68. The van der Waals surface area contributed by atoms with Crippen LogP contribution in [0.25, 0.3) is 0 Å². The standard InChI is InChI=1S/C17H20N4O2/c1-12(2)20-17(23)21-15-8-4-3-7-14(15)16(22)19-11-13-6-5-9-18-10-13/h3-10,12H,11H2,1-2H3,(H,19,22)(H2,20,21,23). The van der Waals surface area contributed by atoms with Crippen LogP contribution in [0.2, 0.25) is 0 Å². The van der Waals surface area contributed by atoms with Crippen LogP contribution in [0.15, 0.2) is 48.8 Å². The number of hydrogen-bond donors (Lipinski definition) is 3. The second-order valence-electron chi connectivity index (χ2n) is 5.34. The fourth-order valence-electron chi connectivity index (χ4n) is 1.99. The van der Waals surface area contributed by atoms with Crippen molar-refractivity contribution in [2.24, 2.45) is 0 Å². The molecule has 2 rings (SSSR count). The summed E-state index contributed by atoms with van der Waals surface area (Å²) >= 11 is 0. The van der Waals surface area contributed by atoms with Gasteiger partial charge in [0.05, 0.1) is 11.3 Å². The molecule has 6 heteroatoms. The summed E-state index contributed by atoms with van der Waals surface area (Å²) in [4.78, 5) is 28.2. The van der Waals surface area contributed by atoms with Gasteiger partial charge < -0.3 is 16.0 Å². The van der Waals surface area contributed by atoms with Gasteiger partial charge in [0.25, 0.3) is 5.91 Å². The van der Waals surface area contributed by atoms with Gasteiger partial charge in [-0.2, -0.15) is 0 Å². The Labute approximate surface area is 135 Å². The van der Waals surface area contributed by atoms with Gasteiger partial charge in [0.15, 0.2) is 0 Å². The predicted octanol–water partition coefficient (Wildman–Crippen LogP) is 2.54. The lowest BCUT2D eigenvalue weighted by molar-refractivity contribution is 0.0952. The van der Waals surface area contributed by atoms with E-state index in [-0.39, 0.29) is 18.0 Å². The first-order chi connectivity index (χ1) is 11.1. The van der Waals surface area contributed by atoms with Crippen molar-refractivity contribution < 1.29 is 9.59 Å². The number of aromatic nitrogens is 1. The lowest BCUT2D eigenvalue weighted by atomic mass is 10.1. The molecule has 6 nitrogen and oxygen atoms in total. The molecular formula is C17H20N4O2. The highest BCUT2D eigenvalue weighted by Gasteiger charge is 2.13. The van der Waals surface area contributed by atoms with E-state index in [0.717, 1.165) is 5.56 Å². The fraction of sp³-hybridized carbons (Fsp3) is 0.235. The van der Waals surface area contributed by atoms with E-state index in [2.05, 4.69) is 20.9 Å². The average Bonchev–Trinajstić information content (AvgIpc) is 2.53. The number of anilines is 1. The summed E-state index contributed by atoms with van der Waals surface area (Å²) in [5.74, 6) is -0.255. The van der Waals surface area contributed by atoms with Gasteiger partial charge in [0.1, 0.15) is 0 Å². The van der Waals surface area contributed by atoms with E-state index in [4.69, 9.17) is 0 Å². The molecule has 0 aliphatic carbocycles. The highest BCUT2D eigenvalue weighted by Crippen LogP contribution is 2.15. The topological polar surface area (TPSA) is 83.1 Å². The Hall–Kier alpha value is -2.89. The number of carbonyl (C=O) groups excluding carboxylic acids is 2.